The average molecular weight is 569 g/mol. The van der Waals surface area contributed by atoms with E-state index in [1.165, 1.54) is 0 Å². The smallest absolute Gasteiger partial charge is 0.303 e. The molecule has 3 N–H and O–H groups in total. The summed E-state index contributed by atoms with van der Waals surface area (Å²) in [6.07, 6.45) is 5.28. The molecule has 232 valence electrons. The minimum absolute atomic E-state index is 0.0360. The van der Waals surface area contributed by atoms with Crippen molar-refractivity contribution in [1.82, 2.24) is 20.4 Å². The maximum atomic E-state index is 13.4. The topological polar surface area (TPSA) is 136 Å². The standard InChI is InChI=1S/C30H56N4O6/c1-8-11-15-24(35)34(28(23(6)7)30(40)31-18-12-9-2)21-14-16-25(36)33(20-10-3)27(22(4)5)29(39)32-19-13-17-26(37)38/h22-23,27-28H,8-21H2,1-7H3,(H,31,40)(H,32,39)(H,37,38). The third-order valence-corrected chi connectivity index (χ3v) is 6.81. The number of carboxylic acid groups (broad SMARTS) is 1. The SMILES string of the molecule is CCCCNC(=O)C(C(C)C)N(CCCC(=O)N(CCC)C(C(=O)NCCCC(=O)O)C(C)C)C(=O)CCCC. The van der Waals surface area contributed by atoms with E-state index in [1.807, 2.05) is 41.5 Å². The van der Waals surface area contributed by atoms with Crippen molar-refractivity contribution >= 4 is 29.6 Å². The van der Waals surface area contributed by atoms with Gasteiger partial charge in [-0.05, 0) is 43.9 Å². The Morgan fingerprint density at radius 3 is 1.48 bits per heavy atom. The number of amides is 4. The molecule has 10 nitrogen and oxygen atoms in total. The fourth-order valence-corrected chi connectivity index (χ4v) is 4.75. The van der Waals surface area contributed by atoms with Crippen LogP contribution in [0.1, 0.15) is 113 Å². The van der Waals surface area contributed by atoms with E-state index in [0.29, 0.717) is 38.8 Å². The first kappa shape index (κ1) is 37.4. The predicted molar refractivity (Wildman–Crippen MR) is 158 cm³/mol. The molecule has 0 heterocycles. The Hall–Kier alpha value is -2.65. The summed E-state index contributed by atoms with van der Waals surface area (Å²) in [6, 6.07) is -1.28. The molecule has 0 radical (unpaired) electrons. The number of carbonyl (C=O) groups is 5. The molecule has 0 aliphatic carbocycles. The summed E-state index contributed by atoms with van der Waals surface area (Å²) in [6.45, 7) is 15.1. The van der Waals surface area contributed by atoms with Gasteiger partial charge in [0.1, 0.15) is 12.1 Å². The predicted octanol–water partition coefficient (Wildman–Crippen LogP) is 3.97. The first-order chi connectivity index (χ1) is 18.9. The van der Waals surface area contributed by atoms with Gasteiger partial charge in [0.25, 0.3) is 0 Å². The highest BCUT2D eigenvalue weighted by atomic mass is 16.4. The highest BCUT2D eigenvalue weighted by Gasteiger charge is 2.34. The van der Waals surface area contributed by atoms with Gasteiger partial charge in [-0.15, -0.1) is 0 Å². The van der Waals surface area contributed by atoms with Gasteiger partial charge in [-0.25, -0.2) is 0 Å². The Kier molecular flexibility index (Phi) is 19.7. The number of nitrogens with zero attached hydrogens (tertiary/aromatic N) is 2. The minimum Gasteiger partial charge on any atom is -0.481 e. The van der Waals surface area contributed by atoms with Crippen molar-refractivity contribution in [3.63, 3.8) is 0 Å². The monoisotopic (exact) mass is 568 g/mol. The molecule has 2 unspecified atom stereocenters. The lowest BCUT2D eigenvalue weighted by atomic mass is 9.99. The van der Waals surface area contributed by atoms with Crippen molar-refractivity contribution in [1.29, 1.82) is 0 Å². The number of hydrogen-bond donors (Lipinski definition) is 3. The van der Waals surface area contributed by atoms with Gasteiger partial charge in [0.15, 0.2) is 0 Å². The molecular formula is C30H56N4O6. The Morgan fingerprint density at radius 2 is 1.05 bits per heavy atom. The molecule has 0 aliphatic heterocycles. The quantitative estimate of drug-likeness (QED) is 0.169. The molecule has 2 atom stereocenters. The van der Waals surface area contributed by atoms with Crippen molar-refractivity contribution in [3.8, 4) is 0 Å². The van der Waals surface area contributed by atoms with Crippen LogP contribution in [0.2, 0.25) is 0 Å². The molecule has 0 fully saturated rings. The number of aliphatic carboxylic acids is 1. The van der Waals surface area contributed by atoms with E-state index in [-0.39, 0.29) is 61.4 Å². The molecule has 0 aromatic heterocycles. The summed E-state index contributed by atoms with van der Waals surface area (Å²) < 4.78 is 0. The van der Waals surface area contributed by atoms with E-state index in [4.69, 9.17) is 5.11 Å². The van der Waals surface area contributed by atoms with Gasteiger partial charge in [0.2, 0.25) is 23.6 Å². The molecule has 4 amide bonds. The molecule has 0 aromatic rings. The second-order valence-corrected chi connectivity index (χ2v) is 11.2. The molecular weight excluding hydrogens is 512 g/mol. The maximum absolute atomic E-state index is 13.4. The molecule has 0 aliphatic rings. The van der Waals surface area contributed by atoms with Crippen LogP contribution in [0, 0.1) is 11.8 Å². The van der Waals surface area contributed by atoms with E-state index in [1.54, 1.807) is 9.80 Å². The van der Waals surface area contributed by atoms with Crippen molar-refractivity contribution in [2.45, 2.75) is 125 Å². The van der Waals surface area contributed by atoms with Crippen LogP contribution in [0.15, 0.2) is 0 Å². The second-order valence-electron chi connectivity index (χ2n) is 11.2. The van der Waals surface area contributed by atoms with E-state index in [0.717, 1.165) is 25.7 Å². The molecule has 0 rings (SSSR count). The van der Waals surface area contributed by atoms with E-state index in [2.05, 4.69) is 17.6 Å². The number of nitrogens with one attached hydrogen (secondary N) is 2. The Balaban J connectivity index is 5.60. The van der Waals surface area contributed by atoms with Crippen molar-refractivity contribution in [2.75, 3.05) is 26.2 Å². The summed E-state index contributed by atoms with van der Waals surface area (Å²) in [4.78, 5) is 66.8. The van der Waals surface area contributed by atoms with E-state index < -0.39 is 18.1 Å². The van der Waals surface area contributed by atoms with Crippen LogP contribution in [-0.4, -0.2) is 82.8 Å². The third-order valence-electron chi connectivity index (χ3n) is 6.81. The number of rotatable bonds is 22. The lowest BCUT2D eigenvalue weighted by molar-refractivity contribution is -0.144. The largest absolute Gasteiger partial charge is 0.481 e. The lowest BCUT2D eigenvalue weighted by Crippen LogP contribution is -2.53. The highest BCUT2D eigenvalue weighted by molar-refractivity contribution is 5.89. The number of carbonyl (C=O) groups excluding carboxylic acids is 4. The van der Waals surface area contributed by atoms with Crippen LogP contribution in [0.4, 0.5) is 0 Å². The van der Waals surface area contributed by atoms with Crippen LogP contribution in [0.5, 0.6) is 0 Å². The van der Waals surface area contributed by atoms with Crippen LogP contribution in [0.3, 0.4) is 0 Å². The van der Waals surface area contributed by atoms with Gasteiger partial charge >= 0.3 is 5.97 Å². The van der Waals surface area contributed by atoms with Gasteiger partial charge in [-0.3, -0.25) is 24.0 Å². The zero-order chi connectivity index (χ0) is 30.7. The van der Waals surface area contributed by atoms with Crippen LogP contribution in [-0.2, 0) is 24.0 Å². The summed E-state index contributed by atoms with van der Waals surface area (Å²) in [5, 5.41) is 14.6. The number of unbranched alkanes of at least 4 members (excludes halogenated alkanes) is 2. The Bertz CT molecular complexity index is 786. The highest BCUT2D eigenvalue weighted by Crippen LogP contribution is 2.18. The number of hydrogen-bond acceptors (Lipinski definition) is 5. The van der Waals surface area contributed by atoms with Gasteiger partial charge in [-0.1, -0.05) is 61.3 Å². The average Bonchev–Trinajstić information content (AvgIpc) is 2.88. The molecule has 0 aromatic carbocycles. The summed E-state index contributed by atoms with van der Waals surface area (Å²) in [7, 11) is 0. The van der Waals surface area contributed by atoms with E-state index in [9.17, 15) is 24.0 Å². The van der Waals surface area contributed by atoms with Crippen molar-refractivity contribution < 1.29 is 29.1 Å². The summed E-state index contributed by atoms with van der Waals surface area (Å²) in [5.41, 5.74) is 0. The van der Waals surface area contributed by atoms with Crippen LogP contribution >= 0.6 is 0 Å². The summed E-state index contributed by atoms with van der Waals surface area (Å²) in [5.74, 6) is -1.85. The normalized spacial score (nSPS) is 12.6. The second kappa shape index (κ2) is 21.1. The van der Waals surface area contributed by atoms with Crippen LogP contribution < -0.4 is 10.6 Å². The molecule has 10 heteroatoms. The van der Waals surface area contributed by atoms with Gasteiger partial charge < -0.3 is 25.5 Å². The van der Waals surface area contributed by atoms with Crippen molar-refractivity contribution in [2.24, 2.45) is 11.8 Å². The van der Waals surface area contributed by atoms with Gasteiger partial charge in [0.05, 0.1) is 0 Å². The fraction of sp³-hybridized carbons (Fsp3) is 0.833. The first-order valence-corrected chi connectivity index (χ1v) is 15.3. The third kappa shape index (κ3) is 14.1. The summed E-state index contributed by atoms with van der Waals surface area (Å²) >= 11 is 0. The van der Waals surface area contributed by atoms with E-state index >= 15 is 0 Å². The molecule has 0 bridgehead atoms. The first-order valence-electron chi connectivity index (χ1n) is 15.3. The zero-order valence-electron chi connectivity index (χ0n) is 26.1. The van der Waals surface area contributed by atoms with Crippen molar-refractivity contribution in [3.05, 3.63) is 0 Å². The van der Waals surface area contributed by atoms with Gasteiger partial charge in [-0.2, -0.15) is 0 Å². The van der Waals surface area contributed by atoms with Crippen LogP contribution in [0.25, 0.3) is 0 Å². The minimum atomic E-state index is -0.919. The Morgan fingerprint density at radius 1 is 0.600 bits per heavy atom. The fourth-order valence-electron chi connectivity index (χ4n) is 4.75. The zero-order valence-corrected chi connectivity index (χ0v) is 26.1. The maximum Gasteiger partial charge on any atom is 0.303 e. The number of carboxylic acids is 1. The lowest BCUT2D eigenvalue weighted by Gasteiger charge is -2.35. The van der Waals surface area contributed by atoms with Gasteiger partial charge in [0, 0.05) is 45.4 Å². The molecule has 0 saturated heterocycles. The Labute approximate surface area is 242 Å². The molecule has 0 saturated carbocycles. The molecule has 40 heavy (non-hydrogen) atoms. The molecule has 0 spiro atoms.